The number of rotatable bonds is 6. The first-order valence-corrected chi connectivity index (χ1v) is 12.5. The third kappa shape index (κ3) is 4.59. The third-order valence-corrected chi connectivity index (χ3v) is 7.12. The van der Waals surface area contributed by atoms with Crippen LogP contribution in [0.3, 0.4) is 0 Å². The van der Waals surface area contributed by atoms with E-state index in [2.05, 4.69) is 10.3 Å². The Bertz CT molecular complexity index is 1670. The fourth-order valence-electron chi connectivity index (χ4n) is 4.45. The van der Waals surface area contributed by atoms with E-state index in [1.54, 1.807) is 37.9 Å². The molecule has 1 amide bonds. The van der Waals surface area contributed by atoms with Gasteiger partial charge in [0.05, 0.1) is 36.1 Å². The average molecular weight is 512 g/mol. The Morgan fingerprint density at radius 2 is 1.68 bits per heavy atom. The van der Waals surface area contributed by atoms with Crippen LogP contribution in [0.25, 0.3) is 6.08 Å². The van der Waals surface area contributed by atoms with Gasteiger partial charge in [-0.2, -0.15) is 0 Å². The topological polar surface area (TPSA) is 81.9 Å². The third-order valence-electron chi connectivity index (χ3n) is 6.13. The molecule has 5 rings (SSSR count). The number of carbonyl (C=O) groups is 1. The summed E-state index contributed by atoms with van der Waals surface area (Å²) in [5.74, 6) is 0.807. The van der Waals surface area contributed by atoms with Crippen LogP contribution in [0, 0.1) is 0 Å². The lowest BCUT2D eigenvalue weighted by molar-refractivity contribution is -0.113. The van der Waals surface area contributed by atoms with Crippen molar-refractivity contribution in [2.45, 2.75) is 13.0 Å². The lowest BCUT2D eigenvalue weighted by Crippen LogP contribution is -2.40. The van der Waals surface area contributed by atoms with E-state index in [0.717, 1.165) is 5.56 Å². The van der Waals surface area contributed by atoms with Gasteiger partial charge in [0, 0.05) is 11.3 Å². The van der Waals surface area contributed by atoms with Crippen molar-refractivity contribution in [3.8, 4) is 11.5 Å². The molecule has 3 aromatic carbocycles. The van der Waals surface area contributed by atoms with Crippen LogP contribution in [0.15, 0.2) is 99.9 Å². The number of nitrogens with zero attached hydrogens (tertiary/aromatic N) is 2. The molecule has 1 atom stereocenters. The van der Waals surface area contributed by atoms with E-state index < -0.39 is 6.04 Å². The molecule has 8 heteroatoms. The number of amides is 1. The molecule has 7 nitrogen and oxygen atoms in total. The number of hydrogen-bond donors (Lipinski definition) is 1. The first-order chi connectivity index (χ1) is 18.0. The van der Waals surface area contributed by atoms with Crippen LogP contribution in [0.2, 0.25) is 0 Å². The van der Waals surface area contributed by atoms with Crippen LogP contribution in [-0.4, -0.2) is 24.7 Å². The minimum absolute atomic E-state index is 0.236. The molecule has 0 saturated heterocycles. The summed E-state index contributed by atoms with van der Waals surface area (Å²) in [6, 6.07) is 23.6. The van der Waals surface area contributed by atoms with Gasteiger partial charge in [-0.15, -0.1) is 0 Å². The normalized spacial score (nSPS) is 15.1. The number of para-hydroxylation sites is 2. The van der Waals surface area contributed by atoms with Crippen LogP contribution in [0.4, 0.5) is 5.69 Å². The van der Waals surface area contributed by atoms with E-state index in [9.17, 15) is 9.59 Å². The number of ether oxygens (including phenoxy) is 2. The predicted octanol–water partition coefficient (Wildman–Crippen LogP) is 3.89. The molecule has 1 N–H and O–H groups in total. The van der Waals surface area contributed by atoms with Gasteiger partial charge in [-0.3, -0.25) is 14.2 Å². The van der Waals surface area contributed by atoms with E-state index in [0.29, 0.717) is 43.4 Å². The minimum atomic E-state index is -0.629. The van der Waals surface area contributed by atoms with Crippen LogP contribution >= 0.6 is 11.3 Å². The summed E-state index contributed by atoms with van der Waals surface area (Å²) in [5.41, 5.74) is 2.95. The summed E-state index contributed by atoms with van der Waals surface area (Å²) in [6.45, 7) is 1.80. The van der Waals surface area contributed by atoms with Crippen molar-refractivity contribution >= 4 is 29.0 Å². The van der Waals surface area contributed by atoms with Crippen LogP contribution in [0.1, 0.15) is 24.1 Å². The van der Waals surface area contributed by atoms with Crippen molar-refractivity contribution in [3.63, 3.8) is 0 Å². The largest absolute Gasteiger partial charge is 0.493 e. The molecule has 37 heavy (non-hydrogen) atoms. The zero-order valence-corrected chi connectivity index (χ0v) is 21.4. The van der Waals surface area contributed by atoms with Gasteiger partial charge in [-0.1, -0.05) is 72.0 Å². The van der Waals surface area contributed by atoms with Gasteiger partial charge < -0.3 is 14.8 Å². The van der Waals surface area contributed by atoms with Gasteiger partial charge in [0.25, 0.3) is 11.5 Å². The van der Waals surface area contributed by atoms with Gasteiger partial charge >= 0.3 is 0 Å². The molecule has 1 aliphatic heterocycles. The maximum Gasteiger partial charge on any atom is 0.271 e. The summed E-state index contributed by atoms with van der Waals surface area (Å²) < 4.78 is 13.0. The first-order valence-electron chi connectivity index (χ1n) is 11.7. The van der Waals surface area contributed by atoms with Gasteiger partial charge in [0.1, 0.15) is 0 Å². The number of nitrogens with one attached hydrogen (secondary N) is 1. The Kier molecular flexibility index (Phi) is 6.74. The number of fused-ring (bicyclic) bond motifs is 1. The SMILES string of the molecule is COc1cccc(/C=c2\sc3n(c2=O)[C@@H](c2ccccc2)C(C(=O)Nc2ccccc2)=C(C)N=3)c1OC. The summed E-state index contributed by atoms with van der Waals surface area (Å²) in [6.07, 6.45) is 1.77. The van der Waals surface area contributed by atoms with Crippen molar-refractivity contribution in [1.29, 1.82) is 0 Å². The molecule has 1 aliphatic rings. The molecule has 186 valence electrons. The Morgan fingerprint density at radius 1 is 0.973 bits per heavy atom. The minimum Gasteiger partial charge on any atom is -0.493 e. The first kappa shape index (κ1) is 24.3. The van der Waals surface area contributed by atoms with Crippen molar-refractivity contribution in [3.05, 3.63) is 121 Å². The maximum absolute atomic E-state index is 13.8. The highest BCUT2D eigenvalue weighted by Gasteiger charge is 2.32. The highest BCUT2D eigenvalue weighted by molar-refractivity contribution is 7.07. The number of hydrogen-bond acceptors (Lipinski definition) is 6. The highest BCUT2D eigenvalue weighted by Crippen LogP contribution is 2.32. The average Bonchev–Trinajstić information content (AvgIpc) is 3.22. The number of carbonyl (C=O) groups excluding carboxylic acids is 1. The van der Waals surface area contributed by atoms with E-state index >= 15 is 0 Å². The monoisotopic (exact) mass is 511 g/mol. The number of thiazole rings is 1. The second-order valence-corrected chi connectivity index (χ2v) is 9.40. The fourth-order valence-corrected chi connectivity index (χ4v) is 5.49. The van der Waals surface area contributed by atoms with Gasteiger partial charge in [0.15, 0.2) is 16.3 Å². The summed E-state index contributed by atoms with van der Waals surface area (Å²) in [5, 5.41) is 2.96. The lowest BCUT2D eigenvalue weighted by Gasteiger charge is -2.25. The second-order valence-electron chi connectivity index (χ2n) is 8.40. The summed E-state index contributed by atoms with van der Waals surface area (Å²) in [4.78, 5) is 32.6. The molecule has 0 bridgehead atoms. The number of anilines is 1. The predicted molar refractivity (Wildman–Crippen MR) is 145 cm³/mol. The standard InChI is InChI=1S/C29H25N3O4S/c1-18-24(27(33)31-21-14-8-5-9-15-21)25(19-11-6-4-7-12-19)32-28(34)23(37-29(32)30-18)17-20-13-10-16-22(35-2)26(20)36-3/h4-17,25H,1-3H3,(H,31,33)/b23-17-/t25-/m0/s1. The van der Waals surface area contributed by atoms with E-state index in [-0.39, 0.29) is 11.5 Å². The van der Waals surface area contributed by atoms with Gasteiger partial charge in [-0.25, -0.2) is 4.99 Å². The summed E-state index contributed by atoms with van der Waals surface area (Å²) >= 11 is 1.28. The Labute approximate surface area is 217 Å². The number of aromatic nitrogens is 1. The van der Waals surface area contributed by atoms with E-state index in [4.69, 9.17) is 9.47 Å². The lowest BCUT2D eigenvalue weighted by atomic mass is 9.95. The van der Waals surface area contributed by atoms with Crippen molar-refractivity contribution in [2.75, 3.05) is 19.5 Å². The van der Waals surface area contributed by atoms with E-state index in [1.807, 2.05) is 72.8 Å². The Hall–Kier alpha value is -4.43. The quantitative estimate of drug-likeness (QED) is 0.426. The van der Waals surface area contributed by atoms with Crippen LogP contribution < -0.4 is 29.7 Å². The molecule has 0 spiro atoms. The molecule has 0 fully saturated rings. The maximum atomic E-state index is 13.8. The molecule has 4 aromatic rings. The number of methoxy groups -OCH3 is 2. The van der Waals surface area contributed by atoms with Gasteiger partial charge in [0.2, 0.25) is 0 Å². The fraction of sp³-hybridized carbons (Fsp3) is 0.138. The van der Waals surface area contributed by atoms with Gasteiger partial charge in [-0.05, 0) is 36.8 Å². The van der Waals surface area contributed by atoms with Crippen LogP contribution in [0.5, 0.6) is 11.5 Å². The van der Waals surface area contributed by atoms with Crippen molar-refractivity contribution in [1.82, 2.24) is 4.57 Å². The van der Waals surface area contributed by atoms with Crippen molar-refractivity contribution in [2.24, 2.45) is 4.99 Å². The number of benzene rings is 3. The molecule has 1 aromatic heterocycles. The molecule has 0 saturated carbocycles. The zero-order chi connectivity index (χ0) is 25.9. The molecular formula is C29H25N3O4S. The summed E-state index contributed by atoms with van der Waals surface area (Å²) in [7, 11) is 3.13. The van der Waals surface area contributed by atoms with E-state index in [1.165, 1.54) is 11.3 Å². The molecule has 0 aliphatic carbocycles. The smallest absolute Gasteiger partial charge is 0.271 e. The number of allylic oxidation sites excluding steroid dienone is 1. The molecular weight excluding hydrogens is 486 g/mol. The van der Waals surface area contributed by atoms with Crippen LogP contribution in [-0.2, 0) is 4.79 Å². The molecule has 2 heterocycles. The zero-order valence-electron chi connectivity index (χ0n) is 20.6. The molecule has 0 unspecified atom stereocenters. The Morgan fingerprint density at radius 3 is 2.35 bits per heavy atom. The van der Waals surface area contributed by atoms with Crippen molar-refractivity contribution < 1.29 is 14.3 Å². The molecule has 0 radical (unpaired) electrons. The second kappa shape index (κ2) is 10.3. The highest BCUT2D eigenvalue weighted by atomic mass is 32.1. The Balaban J connectivity index is 1.68.